The Balaban J connectivity index is 1.85. The van der Waals surface area contributed by atoms with Crippen LogP contribution in [-0.4, -0.2) is 29.5 Å². The number of benzene rings is 1. The third kappa shape index (κ3) is 2.75. The SMILES string of the molecule is COc1cc(NC(=O)c2cn3cc(C)sc3n2)cc(OC)c1. The molecule has 0 fully saturated rings. The average Bonchev–Trinajstić information content (AvgIpc) is 3.04. The molecule has 0 saturated heterocycles. The Labute approximate surface area is 131 Å². The Morgan fingerprint density at radius 3 is 2.45 bits per heavy atom. The first-order valence-electron chi connectivity index (χ1n) is 6.58. The third-order valence-corrected chi connectivity index (χ3v) is 4.03. The quantitative estimate of drug-likeness (QED) is 0.803. The molecule has 0 aliphatic rings. The summed E-state index contributed by atoms with van der Waals surface area (Å²) in [6, 6.07) is 5.19. The van der Waals surface area contributed by atoms with Gasteiger partial charge < -0.3 is 14.8 Å². The van der Waals surface area contributed by atoms with Crippen molar-refractivity contribution in [3.05, 3.63) is 41.2 Å². The molecule has 1 aromatic carbocycles. The number of anilines is 1. The van der Waals surface area contributed by atoms with Gasteiger partial charge in [0.1, 0.15) is 17.2 Å². The molecule has 7 heteroatoms. The van der Waals surface area contributed by atoms with Crippen LogP contribution < -0.4 is 14.8 Å². The lowest BCUT2D eigenvalue weighted by Crippen LogP contribution is -2.12. The summed E-state index contributed by atoms with van der Waals surface area (Å²) in [5.41, 5.74) is 0.960. The van der Waals surface area contributed by atoms with E-state index in [1.807, 2.05) is 17.5 Å². The fourth-order valence-corrected chi connectivity index (χ4v) is 2.90. The van der Waals surface area contributed by atoms with Crippen molar-refractivity contribution < 1.29 is 14.3 Å². The molecule has 3 aromatic rings. The van der Waals surface area contributed by atoms with E-state index in [2.05, 4.69) is 10.3 Å². The van der Waals surface area contributed by atoms with Crippen molar-refractivity contribution in [3.8, 4) is 11.5 Å². The van der Waals surface area contributed by atoms with Crippen LogP contribution >= 0.6 is 11.3 Å². The van der Waals surface area contributed by atoms with Crippen molar-refractivity contribution in [1.29, 1.82) is 0 Å². The molecule has 2 aromatic heterocycles. The fraction of sp³-hybridized carbons (Fsp3) is 0.200. The van der Waals surface area contributed by atoms with Gasteiger partial charge in [-0.05, 0) is 6.92 Å². The highest BCUT2D eigenvalue weighted by molar-refractivity contribution is 7.17. The number of rotatable bonds is 4. The molecule has 0 aliphatic carbocycles. The summed E-state index contributed by atoms with van der Waals surface area (Å²) in [5.74, 6) is 0.941. The number of carbonyl (C=O) groups is 1. The number of nitrogens with zero attached hydrogens (tertiary/aromatic N) is 2. The minimum atomic E-state index is -0.274. The predicted octanol–water partition coefficient (Wildman–Crippen LogP) is 2.97. The predicted molar refractivity (Wildman–Crippen MR) is 85.3 cm³/mol. The molecule has 0 spiro atoms. The molecule has 1 N–H and O–H groups in total. The van der Waals surface area contributed by atoms with Gasteiger partial charge >= 0.3 is 0 Å². The summed E-state index contributed by atoms with van der Waals surface area (Å²) in [7, 11) is 3.12. The maximum absolute atomic E-state index is 12.3. The van der Waals surface area contributed by atoms with Crippen LogP contribution in [0, 0.1) is 6.92 Å². The number of amides is 1. The molecule has 1 amide bonds. The number of aromatic nitrogens is 2. The summed E-state index contributed by atoms with van der Waals surface area (Å²) >= 11 is 1.54. The number of methoxy groups -OCH3 is 2. The lowest BCUT2D eigenvalue weighted by molar-refractivity contribution is 0.102. The van der Waals surface area contributed by atoms with Gasteiger partial charge in [0.15, 0.2) is 4.96 Å². The highest BCUT2D eigenvalue weighted by atomic mass is 32.1. The van der Waals surface area contributed by atoms with Crippen LogP contribution in [0.15, 0.2) is 30.6 Å². The summed E-state index contributed by atoms with van der Waals surface area (Å²) in [6.07, 6.45) is 3.66. The minimum absolute atomic E-state index is 0.274. The lowest BCUT2D eigenvalue weighted by Gasteiger charge is -2.09. The molecule has 0 unspecified atom stereocenters. The Bertz CT molecular complexity index is 784. The molecule has 3 rings (SSSR count). The molecule has 22 heavy (non-hydrogen) atoms. The van der Waals surface area contributed by atoms with Crippen LogP contribution in [0.25, 0.3) is 4.96 Å². The van der Waals surface area contributed by atoms with Crippen LogP contribution in [0.3, 0.4) is 0 Å². The molecule has 0 saturated carbocycles. The zero-order valence-electron chi connectivity index (χ0n) is 12.4. The number of carbonyl (C=O) groups excluding carboxylic acids is 1. The van der Waals surface area contributed by atoms with Gasteiger partial charge in [0, 0.05) is 41.2 Å². The molecule has 0 aliphatic heterocycles. The molecule has 0 atom stereocenters. The van der Waals surface area contributed by atoms with Crippen LogP contribution in [0.5, 0.6) is 11.5 Å². The number of aryl methyl sites for hydroxylation is 1. The molecule has 2 heterocycles. The average molecular weight is 317 g/mol. The smallest absolute Gasteiger partial charge is 0.275 e. The largest absolute Gasteiger partial charge is 0.497 e. The topological polar surface area (TPSA) is 64.9 Å². The van der Waals surface area contributed by atoms with E-state index >= 15 is 0 Å². The van der Waals surface area contributed by atoms with E-state index < -0.39 is 0 Å². The number of hydrogen-bond acceptors (Lipinski definition) is 5. The van der Waals surface area contributed by atoms with Crippen LogP contribution in [0.4, 0.5) is 5.69 Å². The monoisotopic (exact) mass is 317 g/mol. The first kappa shape index (κ1) is 14.4. The lowest BCUT2D eigenvalue weighted by atomic mass is 10.2. The second-order valence-corrected chi connectivity index (χ2v) is 5.93. The van der Waals surface area contributed by atoms with Crippen molar-refractivity contribution in [2.75, 3.05) is 19.5 Å². The van der Waals surface area contributed by atoms with Crippen molar-refractivity contribution in [2.24, 2.45) is 0 Å². The van der Waals surface area contributed by atoms with Gasteiger partial charge in [0.25, 0.3) is 5.91 Å². The second-order valence-electron chi connectivity index (χ2n) is 4.71. The molecule has 114 valence electrons. The van der Waals surface area contributed by atoms with Crippen LogP contribution in [0.1, 0.15) is 15.4 Å². The van der Waals surface area contributed by atoms with Crippen molar-refractivity contribution in [2.45, 2.75) is 6.92 Å². The second kappa shape index (κ2) is 5.69. The van der Waals surface area contributed by atoms with E-state index in [1.165, 1.54) is 0 Å². The highest BCUT2D eigenvalue weighted by Crippen LogP contribution is 2.26. The van der Waals surface area contributed by atoms with Crippen LogP contribution in [0.2, 0.25) is 0 Å². The Morgan fingerprint density at radius 2 is 1.86 bits per heavy atom. The van der Waals surface area contributed by atoms with Gasteiger partial charge in [-0.25, -0.2) is 4.98 Å². The van der Waals surface area contributed by atoms with E-state index in [0.717, 1.165) is 9.84 Å². The van der Waals surface area contributed by atoms with Gasteiger partial charge in [-0.3, -0.25) is 9.20 Å². The van der Waals surface area contributed by atoms with Gasteiger partial charge in [-0.2, -0.15) is 0 Å². The maximum atomic E-state index is 12.3. The Hall–Kier alpha value is -2.54. The summed E-state index contributed by atoms with van der Waals surface area (Å²) in [6.45, 7) is 2.00. The Morgan fingerprint density at radius 1 is 1.18 bits per heavy atom. The number of ether oxygens (including phenoxy) is 2. The number of nitrogens with one attached hydrogen (secondary N) is 1. The van der Waals surface area contributed by atoms with Gasteiger partial charge in [-0.15, -0.1) is 11.3 Å². The fourth-order valence-electron chi connectivity index (χ4n) is 2.09. The van der Waals surface area contributed by atoms with E-state index in [1.54, 1.807) is 50.0 Å². The van der Waals surface area contributed by atoms with Crippen molar-refractivity contribution in [3.63, 3.8) is 0 Å². The van der Waals surface area contributed by atoms with Gasteiger partial charge in [0.2, 0.25) is 0 Å². The number of thiazole rings is 1. The zero-order chi connectivity index (χ0) is 15.7. The van der Waals surface area contributed by atoms with E-state index in [4.69, 9.17) is 9.47 Å². The number of fused-ring (bicyclic) bond motifs is 1. The normalized spacial score (nSPS) is 10.7. The molecule has 0 radical (unpaired) electrons. The van der Waals surface area contributed by atoms with E-state index in [-0.39, 0.29) is 5.91 Å². The maximum Gasteiger partial charge on any atom is 0.275 e. The minimum Gasteiger partial charge on any atom is -0.497 e. The first-order valence-corrected chi connectivity index (χ1v) is 7.40. The number of imidazole rings is 1. The standard InChI is InChI=1S/C15H15N3O3S/c1-9-7-18-8-13(17-15(18)22-9)14(19)16-10-4-11(20-2)6-12(5-10)21-3/h4-8H,1-3H3,(H,16,19). The summed E-state index contributed by atoms with van der Waals surface area (Å²) in [5, 5.41) is 2.80. The zero-order valence-corrected chi connectivity index (χ0v) is 13.2. The van der Waals surface area contributed by atoms with Crippen molar-refractivity contribution in [1.82, 2.24) is 9.38 Å². The highest BCUT2D eigenvalue weighted by Gasteiger charge is 2.13. The van der Waals surface area contributed by atoms with Gasteiger partial charge in [-0.1, -0.05) is 0 Å². The molecule has 6 nitrogen and oxygen atoms in total. The van der Waals surface area contributed by atoms with Gasteiger partial charge in [0.05, 0.1) is 14.2 Å². The molecule has 0 bridgehead atoms. The summed E-state index contributed by atoms with van der Waals surface area (Å²) in [4.78, 5) is 18.6. The third-order valence-electron chi connectivity index (χ3n) is 3.11. The Kier molecular flexibility index (Phi) is 3.72. The van der Waals surface area contributed by atoms with E-state index in [9.17, 15) is 4.79 Å². The van der Waals surface area contributed by atoms with Crippen LogP contribution in [-0.2, 0) is 0 Å². The summed E-state index contributed by atoms with van der Waals surface area (Å²) < 4.78 is 12.2. The molecular weight excluding hydrogens is 302 g/mol. The van der Waals surface area contributed by atoms with Crippen molar-refractivity contribution >= 4 is 27.9 Å². The van der Waals surface area contributed by atoms with E-state index in [0.29, 0.717) is 22.9 Å². The number of hydrogen-bond donors (Lipinski definition) is 1. The molecular formula is C15H15N3O3S. The first-order chi connectivity index (χ1) is 10.6.